The summed E-state index contributed by atoms with van der Waals surface area (Å²) in [6.07, 6.45) is 7.74. The highest BCUT2D eigenvalue weighted by Crippen LogP contribution is 2.30. The van der Waals surface area contributed by atoms with Crippen LogP contribution in [0.2, 0.25) is 5.02 Å². The van der Waals surface area contributed by atoms with Crippen molar-refractivity contribution < 1.29 is 4.79 Å². The Labute approximate surface area is 142 Å². The molecule has 1 aliphatic heterocycles. The van der Waals surface area contributed by atoms with E-state index in [1.165, 1.54) is 12.6 Å². The molecule has 2 fully saturated rings. The Balaban J connectivity index is 0.00000110. The zero-order chi connectivity index (χ0) is 13.2. The predicted molar refractivity (Wildman–Crippen MR) is 88.8 cm³/mol. The van der Waals surface area contributed by atoms with Crippen molar-refractivity contribution in [3.05, 3.63) is 29.0 Å². The number of aromatic nitrogens is 1. The molecule has 1 aromatic rings. The summed E-state index contributed by atoms with van der Waals surface area (Å²) in [6, 6.07) is 2.55. The lowest BCUT2D eigenvalue weighted by Crippen LogP contribution is -2.42. The number of hydrogen-bond donors (Lipinski definition) is 1. The Kier molecular flexibility index (Phi) is 7.21. The Morgan fingerprint density at radius 3 is 2.71 bits per heavy atom. The van der Waals surface area contributed by atoms with Crippen LogP contribution in [0.15, 0.2) is 18.5 Å². The molecule has 0 bridgehead atoms. The molecule has 2 heterocycles. The minimum absolute atomic E-state index is 0. The van der Waals surface area contributed by atoms with E-state index in [-0.39, 0.29) is 30.7 Å². The van der Waals surface area contributed by atoms with Gasteiger partial charge in [0.25, 0.3) is 5.91 Å². The molecule has 1 aliphatic carbocycles. The number of nitrogens with one attached hydrogen (secondary N) is 1. The van der Waals surface area contributed by atoms with Gasteiger partial charge in [-0.2, -0.15) is 0 Å². The van der Waals surface area contributed by atoms with Gasteiger partial charge in [0.2, 0.25) is 0 Å². The standard InChI is InChI=1S/C14H18ClN3O.2ClH/c15-13-8-16-7-5-12(13)14(19)18(11-3-4-11)9-10-2-1-6-17-10;;/h5,7-8,10-11,17H,1-4,6,9H2;2*1H. The van der Waals surface area contributed by atoms with Crippen LogP contribution >= 0.6 is 36.4 Å². The number of carbonyl (C=O) groups is 1. The number of nitrogens with zero attached hydrogens (tertiary/aromatic N) is 2. The number of carbonyl (C=O) groups excluding carboxylic acids is 1. The van der Waals surface area contributed by atoms with Gasteiger partial charge in [0, 0.05) is 31.0 Å². The molecule has 1 saturated heterocycles. The van der Waals surface area contributed by atoms with Crippen molar-refractivity contribution in [2.45, 2.75) is 37.8 Å². The molecule has 118 valence electrons. The van der Waals surface area contributed by atoms with Gasteiger partial charge in [-0.3, -0.25) is 9.78 Å². The first kappa shape index (κ1) is 18.5. The van der Waals surface area contributed by atoms with E-state index in [2.05, 4.69) is 10.3 Å². The lowest BCUT2D eigenvalue weighted by Gasteiger charge is -2.26. The molecule has 2 aliphatic rings. The van der Waals surface area contributed by atoms with Crippen molar-refractivity contribution in [1.29, 1.82) is 0 Å². The molecular weight excluding hydrogens is 333 g/mol. The van der Waals surface area contributed by atoms with E-state index in [9.17, 15) is 4.79 Å². The molecule has 0 radical (unpaired) electrons. The normalized spacial score (nSPS) is 20.3. The van der Waals surface area contributed by atoms with Gasteiger partial charge in [0.15, 0.2) is 0 Å². The first-order valence-electron chi connectivity index (χ1n) is 6.89. The summed E-state index contributed by atoms with van der Waals surface area (Å²) < 4.78 is 0. The summed E-state index contributed by atoms with van der Waals surface area (Å²) in [6.45, 7) is 1.86. The number of amides is 1. The minimum Gasteiger partial charge on any atom is -0.334 e. The van der Waals surface area contributed by atoms with E-state index in [0.29, 0.717) is 22.7 Å². The largest absolute Gasteiger partial charge is 0.334 e. The lowest BCUT2D eigenvalue weighted by molar-refractivity contribution is 0.0728. The van der Waals surface area contributed by atoms with Crippen LogP contribution in [0.1, 0.15) is 36.0 Å². The topological polar surface area (TPSA) is 45.2 Å². The quantitative estimate of drug-likeness (QED) is 0.906. The van der Waals surface area contributed by atoms with E-state index < -0.39 is 0 Å². The molecule has 1 amide bonds. The molecule has 1 N–H and O–H groups in total. The maximum absolute atomic E-state index is 12.6. The Bertz CT molecular complexity index is 476. The average Bonchev–Trinajstić information content (AvgIpc) is 3.13. The van der Waals surface area contributed by atoms with Crippen molar-refractivity contribution in [3.63, 3.8) is 0 Å². The summed E-state index contributed by atoms with van der Waals surface area (Å²) in [5.74, 6) is 0.0450. The summed E-state index contributed by atoms with van der Waals surface area (Å²) in [5, 5.41) is 3.89. The molecule has 4 nitrogen and oxygen atoms in total. The van der Waals surface area contributed by atoms with Gasteiger partial charge >= 0.3 is 0 Å². The first-order chi connectivity index (χ1) is 9.25. The SMILES string of the molecule is Cl.Cl.O=C(c1ccncc1Cl)N(CC1CCCN1)C1CC1. The van der Waals surface area contributed by atoms with Gasteiger partial charge in [0.05, 0.1) is 10.6 Å². The van der Waals surface area contributed by atoms with Gasteiger partial charge in [-0.15, -0.1) is 24.8 Å². The maximum Gasteiger partial charge on any atom is 0.255 e. The van der Waals surface area contributed by atoms with Gasteiger partial charge in [-0.05, 0) is 38.3 Å². The van der Waals surface area contributed by atoms with Crippen LogP contribution in [0.25, 0.3) is 0 Å². The summed E-state index contributed by atoms with van der Waals surface area (Å²) >= 11 is 6.08. The molecule has 1 saturated carbocycles. The molecule has 0 aromatic carbocycles. The molecule has 0 spiro atoms. The fourth-order valence-corrected chi connectivity index (χ4v) is 2.84. The van der Waals surface area contributed by atoms with Gasteiger partial charge in [0.1, 0.15) is 0 Å². The van der Waals surface area contributed by atoms with E-state index >= 15 is 0 Å². The first-order valence-corrected chi connectivity index (χ1v) is 7.27. The molecule has 21 heavy (non-hydrogen) atoms. The number of hydrogen-bond acceptors (Lipinski definition) is 3. The van der Waals surface area contributed by atoms with Gasteiger partial charge in [-0.1, -0.05) is 11.6 Å². The van der Waals surface area contributed by atoms with Gasteiger partial charge < -0.3 is 10.2 Å². The third-order valence-corrected chi connectivity index (χ3v) is 4.13. The van der Waals surface area contributed by atoms with Crippen molar-refractivity contribution in [1.82, 2.24) is 15.2 Å². The second-order valence-electron chi connectivity index (χ2n) is 5.34. The summed E-state index contributed by atoms with van der Waals surface area (Å²) in [7, 11) is 0. The van der Waals surface area contributed by atoms with E-state index in [0.717, 1.165) is 32.4 Å². The van der Waals surface area contributed by atoms with Crippen LogP contribution in [-0.2, 0) is 0 Å². The Morgan fingerprint density at radius 1 is 1.38 bits per heavy atom. The third kappa shape index (κ3) is 4.46. The summed E-state index contributed by atoms with van der Waals surface area (Å²) in [4.78, 5) is 18.5. The van der Waals surface area contributed by atoms with E-state index in [4.69, 9.17) is 11.6 Å². The second kappa shape index (κ2) is 8.18. The fraction of sp³-hybridized carbons (Fsp3) is 0.571. The van der Waals surface area contributed by atoms with E-state index in [1.807, 2.05) is 4.90 Å². The Morgan fingerprint density at radius 2 is 2.14 bits per heavy atom. The zero-order valence-electron chi connectivity index (χ0n) is 11.6. The van der Waals surface area contributed by atoms with Gasteiger partial charge in [-0.25, -0.2) is 0 Å². The molecule has 1 atom stereocenters. The van der Waals surface area contributed by atoms with Crippen LogP contribution in [0.3, 0.4) is 0 Å². The average molecular weight is 353 g/mol. The molecular formula is C14H20Cl3N3O. The zero-order valence-corrected chi connectivity index (χ0v) is 14.0. The smallest absolute Gasteiger partial charge is 0.255 e. The number of rotatable bonds is 4. The molecule has 1 aromatic heterocycles. The number of halogens is 3. The highest BCUT2D eigenvalue weighted by atomic mass is 35.5. The van der Waals surface area contributed by atoms with Crippen LogP contribution < -0.4 is 5.32 Å². The lowest BCUT2D eigenvalue weighted by atomic mass is 10.1. The predicted octanol–water partition coefficient (Wildman–Crippen LogP) is 2.94. The third-order valence-electron chi connectivity index (χ3n) is 3.83. The fourth-order valence-electron chi connectivity index (χ4n) is 2.64. The highest BCUT2D eigenvalue weighted by Gasteiger charge is 2.35. The minimum atomic E-state index is 0. The highest BCUT2D eigenvalue weighted by molar-refractivity contribution is 6.33. The van der Waals surface area contributed by atoms with Crippen LogP contribution in [-0.4, -0.2) is 41.0 Å². The van der Waals surface area contributed by atoms with E-state index in [1.54, 1.807) is 12.3 Å². The second-order valence-corrected chi connectivity index (χ2v) is 5.74. The van der Waals surface area contributed by atoms with Crippen molar-refractivity contribution in [3.8, 4) is 0 Å². The Hall–Kier alpha value is -0.550. The maximum atomic E-state index is 12.6. The molecule has 1 unspecified atom stereocenters. The van der Waals surface area contributed by atoms with Crippen LogP contribution in [0, 0.1) is 0 Å². The van der Waals surface area contributed by atoms with Crippen molar-refractivity contribution in [2.75, 3.05) is 13.1 Å². The molecule has 3 rings (SSSR count). The monoisotopic (exact) mass is 351 g/mol. The van der Waals surface area contributed by atoms with Crippen molar-refractivity contribution >= 4 is 42.3 Å². The van der Waals surface area contributed by atoms with Crippen LogP contribution in [0.4, 0.5) is 0 Å². The number of pyridine rings is 1. The summed E-state index contributed by atoms with van der Waals surface area (Å²) in [5.41, 5.74) is 0.571. The van der Waals surface area contributed by atoms with Crippen LogP contribution in [0.5, 0.6) is 0 Å². The molecule has 7 heteroatoms. The van der Waals surface area contributed by atoms with Crippen molar-refractivity contribution in [2.24, 2.45) is 0 Å².